The summed E-state index contributed by atoms with van der Waals surface area (Å²) in [6.45, 7) is 2.64. The van der Waals surface area contributed by atoms with Crippen LogP contribution in [0.3, 0.4) is 0 Å². The van der Waals surface area contributed by atoms with E-state index in [1.165, 1.54) is 4.90 Å². The molecular formula is C15H20N2O4. The summed E-state index contributed by atoms with van der Waals surface area (Å²) in [6.07, 6.45) is -0.718. The molecular weight excluding hydrogens is 272 g/mol. The Morgan fingerprint density at radius 3 is 2.76 bits per heavy atom. The summed E-state index contributed by atoms with van der Waals surface area (Å²) in [6, 6.07) is 9.34. The quantitative estimate of drug-likeness (QED) is 0.897. The van der Waals surface area contributed by atoms with Crippen LogP contribution in [0.4, 0.5) is 9.59 Å². The van der Waals surface area contributed by atoms with Crippen molar-refractivity contribution in [1.82, 2.24) is 10.2 Å². The number of carbonyl (C=O) groups excluding carboxylic acids is 1. The second kappa shape index (κ2) is 6.97. The van der Waals surface area contributed by atoms with Gasteiger partial charge in [0.05, 0.1) is 0 Å². The molecule has 1 aliphatic rings. The normalized spacial score (nSPS) is 21.7. The monoisotopic (exact) mass is 292 g/mol. The van der Waals surface area contributed by atoms with E-state index >= 15 is 0 Å². The first-order valence-electron chi connectivity index (χ1n) is 7.03. The van der Waals surface area contributed by atoms with Crippen LogP contribution in [0.25, 0.3) is 0 Å². The third kappa shape index (κ3) is 4.37. The van der Waals surface area contributed by atoms with E-state index in [9.17, 15) is 9.59 Å². The smallest absolute Gasteiger partial charge is 0.409 e. The first kappa shape index (κ1) is 15.2. The number of hydrogen-bond donors (Lipinski definition) is 2. The van der Waals surface area contributed by atoms with Crippen molar-refractivity contribution in [3.8, 4) is 0 Å². The minimum absolute atomic E-state index is 0.169. The lowest BCUT2D eigenvalue weighted by Crippen LogP contribution is -2.54. The Hall–Kier alpha value is -2.24. The summed E-state index contributed by atoms with van der Waals surface area (Å²) in [7, 11) is 0. The van der Waals surface area contributed by atoms with Crippen LogP contribution in [-0.4, -0.2) is 34.9 Å². The fourth-order valence-electron chi connectivity index (χ4n) is 2.41. The largest absolute Gasteiger partial charge is 0.465 e. The first-order chi connectivity index (χ1) is 10.1. The number of hydrogen-bond acceptors (Lipinski definition) is 3. The fourth-order valence-corrected chi connectivity index (χ4v) is 2.41. The van der Waals surface area contributed by atoms with Crippen LogP contribution in [-0.2, 0) is 11.3 Å². The van der Waals surface area contributed by atoms with Crippen molar-refractivity contribution in [2.75, 3.05) is 6.54 Å². The summed E-state index contributed by atoms with van der Waals surface area (Å²) < 4.78 is 5.12. The number of ether oxygens (including phenoxy) is 1. The molecule has 1 aliphatic heterocycles. The van der Waals surface area contributed by atoms with Gasteiger partial charge in [0.25, 0.3) is 0 Å². The molecule has 6 heteroatoms. The third-order valence-electron chi connectivity index (χ3n) is 3.61. The van der Waals surface area contributed by atoms with Gasteiger partial charge in [0.2, 0.25) is 0 Å². The van der Waals surface area contributed by atoms with Crippen LogP contribution >= 0.6 is 0 Å². The Kier molecular flexibility index (Phi) is 5.03. The number of nitrogens with zero attached hydrogens (tertiary/aromatic N) is 1. The van der Waals surface area contributed by atoms with Crippen LogP contribution in [0.2, 0.25) is 0 Å². The molecule has 1 fully saturated rings. The molecule has 0 saturated carbocycles. The van der Waals surface area contributed by atoms with Gasteiger partial charge in [-0.05, 0) is 24.3 Å². The van der Waals surface area contributed by atoms with Gasteiger partial charge in [-0.1, -0.05) is 37.3 Å². The summed E-state index contributed by atoms with van der Waals surface area (Å²) in [5.74, 6) is 0.375. The minimum atomic E-state index is -1.02. The Morgan fingerprint density at radius 1 is 1.38 bits per heavy atom. The molecule has 2 amide bonds. The van der Waals surface area contributed by atoms with Gasteiger partial charge in [-0.2, -0.15) is 0 Å². The van der Waals surface area contributed by atoms with E-state index in [0.29, 0.717) is 18.9 Å². The maximum absolute atomic E-state index is 11.8. The van der Waals surface area contributed by atoms with Gasteiger partial charge in [0.15, 0.2) is 0 Å². The molecule has 2 unspecified atom stereocenters. The average Bonchev–Trinajstić information content (AvgIpc) is 2.46. The van der Waals surface area contributed by atoms with Crippen molar-refractivity contribution >= 4 is 12.2 Å². The maximum Gasteiger partial charge on any atom is 0.409 e. The summed E-state index contributed by atoms with van der Waals surface area (Å²) >= 11 is 0. The van der Waals surface area contributed by atoms with Crippen molar-refractivity contribution in [2.24, 2.45) is 5.92 Å². The predicted octanol–water partition coefficient (Wildman–Crippen LogP) is 2.65. The van der Waals surface area contributed by atoms with Crippen molar-refractivity contribution in [3.05, 3.63) is 35.9 Å². The predicted molar refractivity (Wildman–Crippen MR) is 76.7 cm³/mol. The highest BCUT2D eigenvalue weighted by atomic mass is 16.5. The van der Waals surface area contributed by atoms with E-state index in [1.807, 2.05) is 37.3 Å². The second-order valence-electron chi connectivity index (χ2n) is 5.33. The van der Waals surface area contributed by atoms with E-state index in [0.717, 1.165) is 12.0 Å². The summed E-state index contributed by atoms with van der Waals surface area (Å²) in [4.78, 5) is 24.2. The highest BCUT2D eigenvalue weighted by Gasteiger charge is 2.31. The zero-order valence-corrected chi connectivity index (χ0v) is 12.0. The molecule has 1 saturated heterocycles. The molecule has 0 aliphatic carbocycles. The molecule has 6 nitrogen and oxygen atoms in total. The lowest BCUT2D eigenvalue weighted by Gasteiger charge is -2.36. The van der Waals surface area contributed by atoms with E-state index in [2.05, 4.69) is 5.32 Å². The third-order valence-corrected chi connectivity index (χ3v) is 3.61. The Balaban J connectivity index is 1.86. The lowest BCUT2D eigenvalue weighted by molar-refractivity contribution is 0.0699. The molecule has 2 rings (SSSR count). The van der Waals surface area contributed by atoms with Crippen LogP contribution in [0.15, 0.2) is 30.3 Å². The van der Waals surface area contributed by atoms with Crippen molar-refractivity contribution in [2.45, 2.75) is 32.5 Å². The number of benzene rings is 1. The number of rotatable bonds is 3. The number of likely N-dealkylation sites (tertiary alicyclic amines) is 1. The minimum Gasteiger partial charge on any atom is -0.465 e. The van der Waals surface area contributed by atoms with Crippen molar-refractivity contribution in [1.29, 1.82) is 0 Å². The maximum atomic E-state index is 11.8. The molecule has 2 atom stereocenters. The standard InChI is InChI=1S/C15H20N2O4/c1-11-7-8-17(15(19)20)13(9-11)16-14(18)21-10-12-5-3-2-4-6-12/h2-6,11,13H,7-10H2,1H3,(H,16,18)(H,19,20). The molecule has 114 valence electrons. The highest BCUT2D eigenvalue weighted by molar-refractivity contribution is 5.70. The first-order valence-corrected chi connectivity index (χ1v) is 7.03. The molecule has 0 radical (unpaired) electrons. The molecule has 0 aromatic heterocycles. The number of alkyl carbamates (subject to hydrolysis) is 1. The van der Waals surface area contributed by atoms with E-state index in [1.54, 1.807) is 0 Å². The zero-order valence-electron chi connectivity index (χ0n) is 12.0. The molecule has 0 bridgehead atoms. The van der Waals surface area contributed by atoms with Gasteiger partial charge >= 0.3 is 12.2 Å². The Bertz CT molecular complexity index is 492. The van der Waals surface area contributed by atoms with Gasteiger partial charge in [-0.25, -0.2) is 9.59 Å². The van der Waals surface area contributed by atoms with Crippen molar-refractivity contribution in [3.63, 3.8) is 0 Å². The van der Waals surface area contributed by atoms with E-state index in [-0.39, 0.29) is 6.61 Å². The fraction of sp³-hybridized carbons (Fsp3) is 0.467. The number of nitrogens with one attached hydrogen (secondary N) is 1. The summed E-state index contributed by atoms with van der Waals surface area (Å²) in [5.41, 5.74) is 0.889. The van der Waals surface area contributed by atoms with Crippen LogP contribution < -0.4 is 5.32 Å². The Labute approximate surface area is 123 Å². The molecule has 21 heavy (non-hydrogen) atoms. The second-order valence-corrected chi connectivity index (χ2v) is 5.33. The van der Waals surface area contributed by atoms with Crippen molar-refractivity contribution < 1.29 is 19.4 Å². The van der Waals surface area contributed by atoms with Crippen LogP contribution in [0.5, 0.6) is 0 Å². The molecule has 1 heterocycles. The van der Waals surface area contributed by atoms with Gasteiger partial charge < -0.3 is 15.2 Å². The molecule has 1 aromatic carbocycles. The van der Waals surface area contributed by atoms with Crippen LogP contribution in [0, 0.1) is 5.92 Å². The van der Waals surface area contributed by atoms with Gasteiger partial charge in [-0.15, -0.1) is 0 Å². The van der Waals surface area contributed by atoms with Gasteiger partial charge in [-0.3, -0.25) is 4.90 Å². The van der Waals surface area contributed by atoms with Gasteiger partial charge in [0, 0.05) is 6.54 Å². The summed E-state index contributed by atoms with van der Waals surface area (Å²) in [5, 5.41) is 11.8. The Morgan fingerprint density at radius 2 is 2.10 bits per heavy atom. The lowest BCUT2D eigenvalue weighted by atomic mass is 9.97. The topological polar surface area (TPSA) is 78.9 Å². The number of piperidine rings is 1. The highest BCUT2D eigenvalue weighted by Crippen LogP contribution is 2.21. The van der Waals surface area contributed by atoms with E-state index in [4.69, 9.17) is 9.84 Å². The average molecular weight is 292 g/mol. The molecule has 0 spiro atoms. The van der Waals surface area contributed by atoms with Crippen LogP contribution in [0.1, 0.15) is 25.3 Å². The van der Waals surface area contributed by atoms with E-state index < -0.39 is 18.4 Å². The molecule has 1 aromatic rings. The zero-order chi connectivity index (χ0) is 15.2. The number of carboxylic acid groups (broad SMARTS) is 1. The molecule has 2 N–H and O–H groups in total. The number of amides is 2. The number of carbonyl (C=O) groups is 2. The van der Waals surface area contributed by atoms with Gasteiger partial charge in [0.1, 0.15) is 12.8 Å². The SMILES string of the molecule is CC1CCN(C(=O)O)C(NC(=O)OCc2ccccc2)C1.